The number of benzene rings is 2. The highest BCUT2D eigenvalue weighted by Crippen LogP contribution is 2.36. The van der Waals surface area contributed by atoms with Crippen LogP contribution in [0.3, 0.4) is 0 Å². The minimum Gasteiger partial charge on any atom is -0.455 e. The molecule has 0 saturated heterocycles. The van der Waals surface area contributed by atoms with Crippen molar-refractivity contribution in [3.8, 4) is 11.5 Å². The largest absolute Gasteiger partial charge is 0.455 e. The normalized spacial score (nSPS) is 14.0. The summed E-state index contributed by atoms with van der Waals surface area (Å²) in [6.45, 7) is 0. The van der Waals surface area contributed by atoms with E-state index in [9.17, 15) is 13.2 Å². The number of rotatable bonds is 2. The summed E-state index contributed by atoms with van der Waals surface area (Å²) in [6, 6.07) is 8.48. The Hall–Kier alpha value is -2.17. The van der Waals surface area contributed by atoms with Crippen molar-refractivity contribution in [2.45, 2.75) is 25.4 Å². The van der Waals surface area contributed by atoms with Gasteiger partial charge in [-0.3, -0.25) is 0 Å². The molecule has 1 aliphatic rings. The van der Waals surface area contributed by atoms with Gasteiger partial charge in [-0.1, -0.05) is 6.07 Å². The van der Waals surface area contributed by atoms with E-state index in [4.69, 9.17) is 10.5 Å². The average molecular weight is 293 g/mol. The van der Waals surface area contributed by atoms with Crippen molar-refractivity contribution in [1.82, 2.24) is 0 Å². The lowest BCUT2D eigenvalue weighted by atomic mass is 10.1. The van der Waals surface area contributed by atoms with Crippen molar-refractivity contribution >= 4 is 5.69 Å². The van der Waals surface area contributed by atoms with Crippen molar-refractivity contribution in [2.24, 2.45) is 0 Å². The molecule has 5 heteroatoms. The molecule has 0 radical (unpaired) electrons. The molecule has 3 rings (SSSR count). The summed E-state index contributed by atoms with van der Waals surface area (Å²) in [5, 5.41) is 0. The molecule has 0 aromatic heterocycles. The molecule has 2 aromatic rings. The van der Waals surface area contributed by atoms with Crippen molar-refractivity contribution < 1.29 is 17.9 Å². The molecule has 2 nitrogen and oxygen atoms in total. The van der Waals surface area contributed by atoms with Gasteiger partial charge in [-0.2, -0.15) is 13.2 Å². The zero-order valence-electron chi connectivity index (χ0n) is 11.2. The third-order valence-electron chi connectivity index (χ3n) is 3.61. The summed E-state index contributed by atoms with van der Waals surface area (Å²) in [7, 11) is 0. The number of halogens is 3. The summed E-state index contributed by atoms with van der Waals surface area (Å²) in [5.74, 6) is 0.546. The van der Waals surface area contributed by atoms with Crippen LogP contribution in [0.2, 0.25) is 0 Å². The van der Waals surface area contributed by atoms with Gasteiger partial charge in [0.25, 0.3) is 0 Å². The van der Waals surface area contributed by atoms with Crippen LogP contribution in [0.15, 0.2) is 36.4 Å². The molecular formula is C16H14F3NO. The second-order valence-corrected chi connectivity index (χ2v) is 5.14. The first-order chi connectivity index (χ1) is 9.93. The van der Waals surface area contributed by atoms with Crippen LogP contribution in [0.25, 0.3) is 0 Å². The maximum Gasteiger partial charge on any atom is 0.416 e. The predicted octanol–water partition coefficient (Wildman–Crippen LogP) is 4.57. The minimum atomic E-state index is -4.39. The highest BCUT2D eigenvalue weighted by Gasteiger charge is 2.30. The van der Waals surface area contributed by atoms with Gasteiger partial charge in [-0.15, -0.1) is 0 Å². The van der Waals surface area contributed by atoms with E-state index in [2.05, 4.69) is 0 Å². The van der Waals surface area contributed by atoms with Gasteiger partial charge in [0.1, 0.15) is 5.75 Å². The van der Waals surface area contributed by atoms with E-state index in [1.54, 1.807) is 0 Å². The molecule has 0 saturated carbocycles. The predicted molar refractivity (Wildman–Crippen MR) is 74.4 cm³/mol. The Morgan fingerprint density at radius 1 is 1.00 bits per heavy atom. The van der Waals surface area contributed by atoms with Crippen LogP contribution < -0.4 is 10.5 Å². The van der Waals surface area contributed by atoms with Crippen LogP contribution >= 0.6 is 0 Å². The number of aryl methyl sites for hydroxylation is 2. The molecule has 21 heavy (non-hydrogen) atoms. The van der Waals surface area contributed by atoms with E-state index in [0.717, 1.165) is 37.0 Å². The average Bonchev–Trinajstić information content (AvgIpc) is 2.85. The first-order valence-corrected chi connectivity index (χ1v) is 6.70. The summed E-state index contributed by atoms with van der Waals surface area (Å²) in [5.41, 5.74) is 7.99. The Labute approximate surface area is 120 Å². The maximum atomic E-state index is 12.7. The quantitative estimate of drug-likeness (QED) is 0.823. The summed E-state index contributed by atoms with van der Waals surface area (Å²) in [4.78, 5) is 0. The first-order valence-electron chi connectivity index (χ1n) is 6.70. The fraction of sp³-hybridized carbons (Fsp3) is 0.250. The van der Waals surface area contributed by atoms with Gasteiger partial charge in [-0.25, -0.2) is 0 Å². The molecule has 2 N–H and O–H groups in total. The van der Waals surface area contributed by atoms with E-state index in [1.165, 1.54) is 17.7 Å². The van der Waals surface area contributed by atoms with E-state index < -0.39 is 11.7 Å². The molecule has 0 unspecified atom stereocenters. The second-order valence-electron chi connectivity index (χ2n) is 5.14. The van der Waals surface area contributed by atoms with Crippen molar-refractivity contribution in [3.63, 3.8) is 0 Å². The molecule has 1 aliphatic carbocycles. The van der Waals surface area contributed by atoms with E-state index in [1.807, 2.05) is 12.1 Å². The van der Waals surface area contributed by atoms with Gasteiger partial charge in [0.05, 0.1) is 11.3 Å². The third kappa shape index (κ3) is 2.82. The Balaban J connectivity index is 1.91. The number of alkyl halides is 3. The fourth-order valence-electron chi connectivity index (χ4n) is 2.57. The van der Waals surface area contributed by atoms with Crippen LogP contribution in [-0.2, 0) is 19.0 Å². The second kappa shape index (κ2) is 4.98. The third-order valence-corrected chi connectivity index (χ3v) is 3.61. The molecule has 0 spiro atoms. The van der Waals surface area contributed by atoms with Crippen molar-refractivity contribution in [3.05, 3.63) is 53.1 Å². The fourth-order valence-corrected chi connectivity index (χ4v) is 2.57. The Kier molecular flexibility index (Phi) is 3.27. The highest BCUT2D eigenvalue weighted by atomic mass is 19.4. The van der Waals surface area contributed by atoms with Gasteiger partial charge >= 0.3 is 6.18 Å². The zero-order valence-corrected chi connectivity index (χ0v) is 11.2. The lowest BCUT2D eigenvalue weighted by Gasteiger charge is -2.13. The molecule has 2 aromatic carbocycles. The number of nitrogen functional groups attached to an aromatic ring is 1. The summed E-state index contributed by atoms with van der Waals surface area (Å²) >= 11 is 0. The lowest BCUT2D eigenvalue weighted by molar-refractivity contribution is -0.137. The number of nitrogens with two attached hydrogens (primary N) is 1. The van der Waals surface area contributed by atoms with Gasteiger partial charge in [0.2, 0.25) is 0 Å². The minimum absolute atomic E-state index is 0.134. The topological polar surface area (TPSA) is 35.2 Å². The van der Waals surface area contributed by atoms with Crippen molar-refractivity contribution in [1.29, 1.82) is 0 Å². The SMILES string of the molecule is Nc1cc2c(cc1Oc1cccc(C(F)(F)F)c1)CCC2. The van der Waals surface area contributed by atoms with Gasteiger partial charge < -0.3 is 10.5 Å². The molecular weight excluding hydrogens is 279 g/mol. The van der Waals surface area contributed by atoms with E-state index in [0.29, 0.717) is 11.4 Å². The zero-order chi connectivity index (χ0) is 15.0. The molecule has 0 heterocycles. The van der Waals surface area contributed by atoms with E-state index in [-0.39, 0.29) is 5.75 Å². The Bertz CT molecular complexity index is 680. The molecule has 110 valence electrons. The maximum absolute atomic E-state index is 12.7. The van der Waals surface area contributed by atoms with E-state index >= 15 is 0 Å². The lowest BCUT2D eigenvalue weighted by Crippen LogP contribution is -2.04. The molecule has 0 fully saturated rings. The summed E-state index contributed by atoms with van der Waals surface area (Å²) < 4.78 is 43.6. The first kappa shape index (κ1) is 13.8. The highest BCUT2D eigenvalue weighted by molar-refractivity contribution is 5.59. The van der Waals surface area contributed by atoms with Crippen LogP contribution in [-0.4, -0.2) is 0 Å². The van der Waals surface area contributed by atoms with Crippen LogP contribution in [0.1, 0.15) is 23.1 Å². The standard InChI is InChI=1S/C16H14F3NO/c17-16(18,19)12-5-2-6-13(9-12)21-15-8-11-4-1-3-10(11)7-14(15)20/h2,5-9H,1,3-4,20H2. The molecule has 0 aliphatic heterocycles. The number of hydrogen-bond acceptors (Lipinski definition) is 2. The number of anilines is 1. The molecule has 0 atom stereocenters. The Morgan fingerprint density at radius 3 is 2.43 bits per heavy atom. The van der Waals surface area contributed by atoms with Gasteiger partial charge in [0.15, 0.2) is 5.75 Å². The van der Waals surface area contributed by atoms with Gasteiger partial charge in [0, 0.05) is 0 Å². The van der Waals surface area contributed by atoms with Crippen LogP contribution in [0.5, 0.6) is 11.5 Å². The summed E-state index contributed by atoms with van der Waals surface area (Å²) in [6.07, 6.45) is -1.37. The molecule has 0 amide bonds. The molecule has 0 bridgehead atoms. The van der Waals surface area contributed by atoms with Gasteiger partial charge in [-0.05, 0) is 60.7 Å². The monoisotopic (exact) mass is 293 g/mol. The smallest absolute Gasteiger partial charge is 0.416 e. The van der Waals surface area contributed by atoms with Crippen LogP contribution in [0, 0.1) is 0 Å². The van der Waals surface area contributed by atoms with Crippen molar-refractivity contribution in [2.75, 3.05) is 5.73 Å². The van der Waals surface area contributed by atoms with Crippen LogP contribution in [0.4, 0.5) is 18.9 Å². The number of fused-ring (bicyclic) bond motifs is 1. The Morgan fingerprint density at radius 2 is 1.71 bits per heavy atom. The number of ether oxygens (including phenoxy) is 1. The number of hydrogen-bond donors (Lipinski definition) is 1.